The van der Waals surface area contributed by atoms with Crippen LogP contribution in [-0.2, 0) is 0 Å². The highest BCUT2D eigenvalue weighted by atomic mass is 16.5. The first kappa shape index (κ1) is 16.3. The molecule has 0 fully saturated rings. The molecule has 0 aliphatic carbocycles. The number of aromatic hydroxyl groups is 1. The van der Waals surface area contributed by atoms with Crippen LogP contribution in [0.15, 0.2) is 48.5 Å². The Labute approximate surface area is 145 Å². The molecule has 0 aliphatic heterocycles. The van der Waals surface area contributed by atoms with Crippen molar-refractivity contribution in [3.8, 4) is 23.3 Å². The summed E-state index contributed by atoms with van der Waals surface area (Å²) in [6.07, 6.45) is 1.68. The number of fused-ring (bicyclic) bond motifs is 1. The zero-order chi connectivity index (χ0) is 17.8. The van der Waals surface area contributed by atoms with E-state index in [0.29, 0.717) is 16.8 Å². The van der Waals surface area contributed by atoms with Crippen molar-refractivity contribution in [2.75, 3.05) is 14.2 Å². The fraction of sp³-hybridized carbons (Fsp3) is 0.100. The standard InChI is InChI=1S/C20H16N2O3/c1-24-18-10-13(11-19(25-2)20(18)23)9-15(12-21)17-8-7-14-5-3-4-6-16(14)22-17/h3-11,23H,1-2H3/b15-9+. The molecule has 3 aromatic rings. The summed E-state index contributed by atoms with van der Waals surface area (Å²) in [5, 5.41) is 20.6. The van der Waals surface area contributed by atoms with Crippen LogP contribution in [0.25, 0.3) is 22.6 Å². The average molecular weight is 332 g/mol. The number of methoxy groups -OCH3 is 2. The molecule has 0 unspecified atom stereocenters. The number of rotatable bonds is 4. The molecule has 124 valence electrons. The molecule has 0 atom stereocenters. The molecule has 0 spiro atoms. The zero-order valence-electron chi connectivity index (χ0n) is 13.9. The van der Waals surface area contributed by atoms with Gasteiger partial charge in [0.15, 0.2) is 11.5 Å². The maximum Gasteiger partial charge on any atom is 0.200 e. The van der Waals surface area contributed by atoms with Gasteiger partial charge < -0.3 is 14.6 Å². The predicted molar refractivity (Wildman–Crippen MR) is 96.4 cm³/mol. The highest BCUT2D eigenvalue weighted by Crippen LogP contribution is 2.38. The third kappa shape index (κ3) is 3.24. The minimum Gasteiger partial charge on any atom is -0.502 e. The van der Waals surface area contributed by atoms with Gasteiger partial charge in [0, 0.05) is 5.39 Å². The lowest BCUT2D eigenvalue weighted by Gasteiger charge is -2.10. The van der Waals surface area contributed by atoms with Crippen molar-refractivity contribution < 1.29 is 14.6 Å². The number of ether oxygens (including phenoxy) is 2. The summed E-state index contributed by atoms with van der Waals surface area (Å²) in [6, 6.07) is 16.9. The van der Waals surface area contributed by atoms with Gasteiger partial charge in [0.1, 0.15) is 6.07 Å². The van der Waals surface area contributed by atoms with E-state index in [2.05, 4.69) is 11.1 Å². The summed E-state index contributed by atoms with van der Waals surface area (Å²) >= 11 is 0. The Hall–Kier alpha value is -3.52. The van der Waals surface area contributed by atoms with E-state index in [-0.39, 0.29) is 17.2 Å². The number of phenols is 1. The summed E-state index contributed by atoms with van der Waals surface area (Å²) < 4.78 is 10.3. The number of nitrogens with zero attached hydrogens (tertiary/aromatic N) is 2. The Morgan fingerprint density at radius 1 is 1.08 bits per heavy atom. The van der Waals surface area contributed by atoms with Crippen molar-refractivity contribution in [1.82, 2.24) is 4.98 Å². The molecule has 1 N–H and O–H groups in total. The van der Waals surface area contributed by atoms with Gasteiger partial charge in [-0.25, -0.2) is 4.98 Å². The molecule has 0 saturated heterocycles. The van der Waals surface area contributed by atoms with Crippen LogP contribution in [0.2, 0.25) is 0 Å². The number of allylic oxidation sites excluding steroid dienone is 1. The normalized spacial score (nSPS) is 11.2. The molecule has 0 aliphatic rings. The lowest BCUT2D eigenvalue weighted by molar-refractivity contribution is 0.340. The Morgan fingerprint density at radius 2 is 1.76 bits per heavy atom. The Balaban J connectivity index is 2.09. The number of benzene rings is 2. The predicted octanol–water partition coefficient (Wildman–Crippen LogP) is 4.02. The quantitative estimate of drug-likeness (QED) is 0.730. The summed E-state index contributed by atoms with van der Waals surface area (Å²) in [7, 11) is 2.91. The van der Waals surface area contributed by atoms with Crippen molar-refractivity contribution in [3.63, 3.8) is 0 Å². The van der Waals surface area contributed by atoms with E-state index < -0.39 is 0 Å². The number of nitriles is 1. The van der Waals surface area contributed by atoms with Gasteiger partial charge >= 0.3 is 0 Å². The van der Waals surface area contributed by atoms with E-state index >= 15 is 0 Å². The van der Waals surface area contributed by atoms with Crippen LogP contribution in [-0.4, -0.2) is 24.3 Å². The van der Waals surface area contributed by atoms with Crippen molar-refractivity contribution in [1.29, 1.82) is 5.26 Å². The van der Waals surface area contributed by atoms with Crippen LogP contribution in [0.4, 0.5) is 0 Å². The van der Waals surface area contributed by atoms with E-state index in [1.807, 2.05) is 36.4 Å². The van der Waals surface area contributed by atoms with Gasteiger partial charge in [-0.15, -0.1) is 0 Å². The Kier molecular flexibility index (Phi) is 4.53. The molecule has 5 nitrogen and oxygen atoms in total. The maximum absolute atomic E-state index is 9.99. The van der Waals surface area contributed by atoms with E-state index in [4.69, 9.17) is 9.47 Å². The van der Waals surface area contributed by atoms with E-state index in [0.717, 1.165) is 10.9 Å². The minimum absolute atomic E-state index is 0.0792. The SMILES string of the molecule is COc1cc(/C=C(\C#N)c2ccc3ccccc3n2)cc(OC)c1O. The maximum atomic E-state index is 9.99. The van der Waals surface area contributed by atoms with Gasteiger partial charge in [-0.3, -0.25) is 0 Å². The average Bonchev–Trinajstić information content (AvgIpc) is 2.66. The van der Waals surface area contributed by atoms with Gasteiger partial charge in [0.2, 0.25) is 5.75 Å². The van der Waals surface area contributed by atoms with E-state index in [1.54, 1.807) is 18.2 Å². The first-order valence-electron chi connectivity index (χ1n) is 7.59. The van der Waals surface area contributed by atoms with Crippen molar-refractivity contribution in [2.45, 2.75) is 0 Å². The topological polar surface area (TPSA) is 75.4 Å². The molecular formula is C20H16N2O3. The molecular weight excluding hydrogens is 316 g/mol. The van der Waals surface area contributed by atoms with Crippen LogP contribution >= 0.6 is 0 Å². The van der Waals surface area contributed by atoms with Crippen LogP contribution in [0.5, 0.6) is 17.2 Å². The van der Waals surface area contributed by atoms with Crippen LogP contribution in [0.1, 0.15) is 11.3 Å². The first-order valence-corrected chi connectivity index (χ1v) is 7.59. The highest BCUT2D eigenvalue weighted by molar-refractivity contribution is 5.91. The number of pyridine rings is 1. The fourth-order valence-electron chi connectivity index (χ4n) is 2.54. The summed E-state index contributed by atoms with van der Waals surface area (Å²) in [6.45, 7) is 0. The third-order valence-corrected chi connectivity index (χ3v) is 3.81. The highest BCUT2D eigenvalue weighted by Gasteiger charge is 2.12. The first-order chi connectivity index (χ1) is 12.2. The lowest BCUT2D eigenvalue weighted by atomic mass is 10.1. The number of hydrogen-bond donors (Lipinski definition) is 1. The fourth-order valence-corrected chi connectivity index (χ4v) is 2.54. The van der Waals surface area contributed by atoms with Crippen molar-refractivity contribution in [2.24, 2.45) is 0 Å². The van der Waals surface area contributed by atoms with Gasteiger partial charge in [0.25, 0.3) is 0 Å². The second-order valence-electron chi connectivity index (χ2n) is 5.33. The molecule has 25 heavy (non-hydrogen) atoms. The van der Waals surface area contributed by atoms with Crippen molar-refractivity contribution in [3.05, 3.63) is 59.8 Å². The van der Waals surface area contributed by atoms with Crippen molar-refractivity contribution >= 4 is 22.6 Å². The third-order valence-electron chi connectivity index (χ3n) is 3.81. The molecule has 5 heteroatoms. The summed E-state index contributed by atoms with van der Waals surface area (Å²) in [5.41, 5.74) is 2.47. The molecule has 1 aromatic heterocycles. The van der Waals surface area contributed by atoms with Crippen LogP contribution < -0.4 is 9.47 Å². The van der Waals surface area contributed by atoms with E-state index in [9.17, 15) is 10.4 Å². The number of para-hydroxylation sites is 1. The second kappa shape index (κ2) is 6.93. The summed E-state index contributed by atoms with van der Waals surface area (Å²) in [5.74, 6) is 0.466. The monoisotopic (exact) mass is 332 g/mol. The van der Waals surface area contributed by atoms with Crippen LogP contribution in [0.3, 0.4) is 0 Å². The van der Waals surface area contributed by atoms with Gasteiger partial charge in [0.05, 0.1) is 31.0 Å². The number of hydrogen-bond acceptors (Lipinski definition) is 5. The Morgan fingerprint density at radius 3 is 2.40 bits per heavy atom. The smallest absolute Gasteiger partial charge is 0.200 e. The minimum atomic E-state index is -0.0792. The molecule has 1 heterocycles. The molecule has 0 saturated carbocycles. The second-order valence-corrected chi connectivity index (χ2v) is 5.33. The number of phenolic OH excluding ortho intramolecular Hbond substituents is 1. The Bertz CT molecular complexity index is 978. The zero-order valence-corrected chi connectivity index (χ0v) is 13.9. The molecule has 2 aromatic carbocycles. The number of aromatic nitrogens is 1. The lowest BCUT2D eigenvalue weighted by Crippen LogP contribution is -1.92. The molecule has 3 rings (SSSR count). The summed E-state index contributed by atoms with van der Waals surface area (Å²) in [4.78, 5) is 4.54. The van der Waals surface area contributed by atoms with E-state index in [1.165, 1.54) is 14.2 Å². The van der Waals surface area contributed by atoms with Crippen LogP contribution in [0, 0.1) is 11.3 Å². The molecule has 0 radical (unpaired) electrons. The van der Waals surface area contributed by atoms with Gasteiger partial charge in [-0.1, -0.05) is 24.3 Å². The largest absolute Gasteiger partial charge is 0.502 e. The molecule has 0 amide bonds. The molecule has 0 bridgehead atoms. The van der Waals surface area contributed by atoms with Gasteiger partial charge in [-0.2, -0.15) is 5.26 Å². The van der Waals surface area contributed by atoms with Gasteiger partial charge in [-0.05, 0) is 35.9 Å².